The van der Waals surface area contributed by atoms with Gasteiger partial charge in [-0.3, -0.25) is 4.79 Å². The summed E-state index contributed by atoms with van der Waals surface area (Å²) in [5, 5.41) is 2.82. The van der Waals surface area contributed by atoms with Crippen molar-refractivity contribution in [3.63, 3.8) is 0 Å². The Morgan fingerprint density at radius 2 is 1.82 bits per heavy atom. The van der Waals surface area contributed by atoms with Crippen LogP contribution in [-0.2, 0) is 4.79 Å². The van der Waals surface area contributed by atoms with Crippen LogP contribution < -0.4 is 14.8 Å². The summed E-state index contributed by atoms with van der Waals surface area (Å²) < 4.78 is 11.3. The highest BCUT2D eigenvalue weighted by atomic mass is 16.7. The van der Waals surface area contributed by atoms with Gasteiger partial charge in [-0.1, -0.05) is 12.1 Å². The molecule has 0 fully saturated rings. The SMILES string of the molecule is CC(C)NC(=O)CC1(C)Oc2ccccc2O1. The van der Waals surface area contributed by atoms with E-state index in [1.165, 1.54) is 0 Å². The number of ether oxygens (including phenoxy) is 2. The number of carbonyl (C=O) groups is 1. The number of fused-ring (bicyclic) bond motifs is 1. The molecule has 1 aromatic carbocycles. The van der Waals surface area contributed by atoms with Crippen LogP contribution in [0.2, 0.25) is 0 Å². The topological polar surface area (TPSA) is 47.6 Å². The Kier molecular flexibility index (Phi) is 2.96. The summed E-state index contributed by atoms with van der Waals surface area (Å²) in [5.74, 6) is 0.401. The fourth-order valence-corrected chi connectivity index (χ4v) is 1.84. The van der Waals surface area contributed by atoms with Crippen molar-refractivity contribution in [2.45, 2.75) is 39.0 Å². The van der Waals surface area contributed by atoms with E-state index >= 15 is 0 Å². The van der Waals surface area contributed by atoms with Crippen LogP contribution in [0.3, 0.4) is 0 Å². The van der Waals surface area contributed by atoms with E-state index in [1.807, 2.05) is 38.1 Å². The molecule has 1 amide bonds. The number of hydrogen-bond donors (Lipinski definition) is 1. The van der Waals surface area contributed by atoms with E-state index in [4.69, 9.17) is 9.47 Å². The van der Waals surface area contributed by atoms with Gasteiger partial charge in [-0.2, -0.15) is 0 Å². The highest BCUT2D eigenvalue weighted by Crippen LogP contribution is 2.40. The van der Waals surface area contributed by atoms with Crippen LogP contribution >= 0.6 is 0 Å². The van der Waals surface area contributed by atoms with Crippen LogP contribution in [0, 0.1) is 0 Å². The zero-order valence-corrected chi connectivity index (χ0v) is 10.3. The first-order chi connectivity index (χ1) is 7.98. The van der Waals surface area contributed by atoms with E-state index < -0.39 is 5.79 Å². The molecule has 1 aromatic rings. The third-order valence-corrected chi connectivity index (χ3v) is 2.43. The Labute approximate surface area is 101 Å². The molecule has 0 saturated heterocycles. The van der Waals surface area contributed by atoms with Gasteiger partial charge in [0, 0.05) is 13.0 Å². The van der Waals surface area contributed by atoms with Gasteiger partial charge >= 0.3 is 0 Å². The summed E-state index contributed by atoms with van der Waals surface area (Å²) in [5.41, 5.74) is 0. The second kappa shape index (κ2) is 4.28. The second-order valence-corrected chi connectivity index (χ2v) is 4.68. The Morgan fingerprint density at radius 3 is 2.29 bits per heavy atom. The average molecular weight is 235 g/mol. The number of para-hydroxylation sites is 2. The summed E-state index contributed by atoms with van der Waals surface area (Å²) in [6, 6.07) is 7.54. The van der Waals surface area contributed by atoms with Crippen LogP contribution in [0.1, 0.15) is 27.2 Å². The van der Waals surface area contributed by atoms with Crippen molar-refractivity contribution < 1.29 is 14.3 Å². The zero-order chi connectivity index (χ0) is 12.5. The van der Waals surface area contributed by atoms with Gasteiger partial charge in [0.15, 0.2) is 11.5 Å². The van der Waals surface area contributed by atoms with Gasteiger partial charge in [0.1, 0.15) is 6.42 Å². The lowest BCUT2D eigenvalue weighted by Crippen LogP contribution is -2.42. The Balaban J connectivity index is 2.02. The lowest BCUT2D eigenvalue weighted by Gasteiger charge is -2.22. The predicted molar refractivity (Wildman–Crippen MR) is 64.0 cm³/mol. The molecule has 2 rings (SSSR count). The van der Waals surface area contributed by atoms with Crippen molar-refractivity contribution in [3.8, 4) is 11.5 Å². The lowest BCUT2D eigenvalue weighted by molar-refractivity contribution is -0.133. The third-order valence-electron chi connectivity index (χ3n) is 2.43. The molecule has 4 nitrogen and oxygen atoms in total. The summed E-state index contributed by atoms with van der Waals surface area (Å²) >= 11 is 0. The molecule has 4 heteroatoms. The first-order valence-electron chi connectivity index (χ1n) is 5.75. The number of rotatable bonds is 3. The highest BCUT2D eigenvalue weighted by Gasteiger charge is 2.38. The van der Waals surface area contributed by atoms with Gasteiger partial charge in [0.05, 0.1) is 0 Å². The number of nitrogens with one attached hydrogen (secondary N) is 1. The van der Waals surface area contributed by atoms with Crippen molar-refractivity contribution in [2.75, 3.05) is 0 Å². The zero-order valence-electron chi connectivity index (χ0n) is 10.3. The normalized spacial score (nSPS) is 16.0. The molecule has 0 aromatic heterocycles. The summed E-state index contributed by atoms with van der Waals surface area (Å²) in [6.07, 6.45) is 0.180. The summed E-state index contributed by atoms with van der Waals surface area (Å²) in [4.78, 5) is 11.7. The molecule has 0 aliphatic carbocycles. The van der Waals surface area contributed by atoms with Gasteiger partial charge in [-0.25, -0.2) is 0 Å². The van der Waals surface area contributed by atoms with Gasteiger partial charge in [-0.15, -0.1) is 0 Å². The van der Waals surface area contributed by atoms with Crippen molar-refractivity contribution in [2.24, 2.45) is 0 Å². The third kappa shape index (κ3) is 2.70. The van der Waals surface area contributed by atoms with E-state index in [1.54, 1.807) is 6.92 Å². The molecule has 0 bridgehead atoms. The Hall–Kier alpha value is -1.71. The molecule has 1 heterocycles. The Bertz CT molecular complexity index is 403. The van der Waals surface area contributed by atoms with Crippen molar-refractivity contribution in [1.29, 1.82) is 0 Å². The lowest BCUT2D eigenvalue weighted by atomic mass is 10.2. The molecule has 0 radical (unpaired) electrons. The van der Waals surface area contributed by atoms with Crippen LogP contribution in [0.4, 0.5) is 0 Å². The monoisotopic (exact) mass is 235 g/mol. The highest BCUT2D eigenvalue weighted by molar-refractivity contribution is 5.77. The minimum atomic E-state index is -0.900. The molecule has 1 aliphatic rings. The number of carbonyl (C=O) groups excluding carboxylic acids is 1. The molecule has 0 unspecified atom stereocenters. The minimum Gasteiger partial charge on any atom is -0.448 e. The summed E-state index contributed by atoms with van der Waals surface area (Å²) in [6.45, 7) is 5.61. The van der Waals surface area contributed by atoms with E-state index in [-0.39, 0.29) is 18.4 Å². The Morgan fingerprint density at radius 1 is 1.29 bits per heavy atom. The number of hydrogen-bond acceptors (Lipinski definition) is 3. The first kappa shape index (κ1) is 11.8. The maximum Gasteiger partial charge on any atom is 0.257 e. The van der Waals surface area contributed by atoms with E-state index in [9.17, 15) is 4.79 Å². The fourth-order valence-electron chi connectivity index (χ4n) is 1.84. The van der Waals surface area contributed by atoms with Gasteiger partial charge in [-0.05, 0) is 26.0 Å². The smallest absolute Gasteiger partial charge is 0.257 e. The molecular weight excluding hydrogens is 218 g/mol. The number of amides is 1. The second-order valence-electron chi connectivity index (χ2n) is 4.68. The molecule has 0 atom stereocenters. The maximum atomic E-state index is 11.7. The minimum absolute atomic E-state index is 0.0738. The standard InChI is InChI=1S/C13H17NO3/c1-9(2)14-12(15)8-13(3)16-10-6-4-5-7-11(10)17-13/h4-7,9H,8H2,1-3H3,(H,14,15). The molecule has 1 aliphatic heterocycles. The van der Waals surface area contributed by atoms with Gasteiger partial charge in [0.2, 0.25) is 5.91 Å². The van der Waals surface area contributed by atoms with Gasteiger partial charge < -0.3 is 14.8 Å². The number of benzene rings is 1. The molecular formula is C13H17NO3. The maximum absolute atomic E-state index is 11.7. The fraction of sp³-hybridized carbons (Fsp3) is 0.462. The van der Waals surface area contributed by atoms with Crippen LogP contribution in [0.15, 0.2) is 24.3 Å². The molecule has 92 valence electrons. The van der Waals surface area contributed by atoms with E-state index in [0.717, 1.165) is 0 Å². The van der Waals surface area contributed by atoms with Crippen molar-refractivity contribution >= 4 is 5.91 Å². The molecule has 0 spiro atoms. The molecule has 1 N–H and O–H groups in total. The largest absolute Gasteiger partial charge is 0.448 e. The van der Waals surface area contributed by atoms with Crippen LogP contribution in [0.5, 0.6) is 11.5 Å². The van der Waals surface area contributed by atoms with Crippen LogP contribution in [0.25, 0.3) is 0 Å². The van der Waals surface area contributed by atoms with E-state index in [2.05, 4.69) is 5.32 Å². The quantitative estimate of drug-likeness (QED) is 0.872. The molecule has 0 saturated carbocycles. The predicted octanol–water partition coefficient (Wildman–Crippen LogP) is 2.09. The average Bonchev–Trinajstić information content (AvgIpc) is 2.51. The van der Waals surface area contributed by atoms with Crippen molar-refractivity contribution in [1.82, 2.24) is 5.32 Å². The van der Waals surface area contributed by atoms with Gasteiger partial charge in [0.25, 0.3) is 5.79 Å². The first-order valence-corrected chi connectivity index (χ1v) is 5.75. The van der Waals surface area contributed by atoms with Crippen molar-refractivity contribution in [3.05, 3.63) is 24.3 Å². The van der Waals surface area contributed by atoms with E-state index in [0.29, 0.717) is 11.5 Å². The molecule has 17 heavy (non-hydrogen) atoms. The van der Waals surface area contributed by atoms with Crippen LogP contribution in [-0.4, -0.2) is 17.7 Å². The summed E-state index contributed by atoms with van der Waals surface area (Å²) in [7, 11) is 0.